The number of benzene rings is 1. The highest BCUT2D eigenvalue weighted by molar-refractivity contribution is 7.89. The van der Waals surface area contributed by atoms with E-state index in [1.165, 1.54) is 11.9 Å². The van der Waals surface area contributed by atoms with Crippen LogP contribution in [0.2, 0.25) is 0 Å². The molecular formula is C23H27F4N5O5S. The summed E-state index contributed by atoms with van der Waals surface area (Å²) in [6.45, 7) is 5.41. The van der Waals surface area contributed by atoms with Gasteiger partial charge in [0, 0.05) is 56.7 Å². The second-order valence-corrected chi connectivity index (χ2v) is 11.2. The summed E-state index contributed by atoms with van der Waals surface area (Å²) < 4.78 is 84.9. The molecule has 1 saturated heterocycles. The number of nitrogens with one attached hydrogen (secondary N) is 3. The van der Waals surface area contributed by atoms with E-state index in [0.29, 0.717) is 12.1 Å². The van der Waals surface area contributed by atoms with Crippen molar-refractivity contribution in [3.05, 3.63) is 47.3 Å². The number of hydrogen-bond acceptors (Lipinski definition) is 5. The van der Waals surface area contributed by atoms with Crippen LogP contribution in [0.1, 0.15) is 37.7 Å². The average molecular weight is 562 g/mol. The number of aromatic nitrogens is 1. The van der Waals surface area contributed by atoms with Crippen LogP contribution < -0.4 is 15.4 Å². The molecule has 2 heterocycles. The molecular weight excluding hydrogens is 534 g/mol. The van der Waals surface area contributed by atoms with Crippen LogP contribution in [-0.2, 0) is 26.7 Å². The molecule has 1 unspecified atom stereocenters. The van der Waals surface area contributed by atoms with Gasteiger partial charge in [-0.3, -0.25) is 14.4 Å². The zero-order valence-electron chi connectivity index (χ0n) is 21.0. The SMILES string of the molecule is CCNC(=O)C(=O)N1CCC(NS(=O)(=O)c2cn(C)c(C(=O)Nc3cc(F)c(F)c(F)c3)c2F)C(C)(C)C1. The Hall–Kier alpha value is -3.46. The molecule has 1 aliphatic rings. The number of halogens is 4. The van der Waals surface area contributed by atoms with Gasteiger partial charge in [-0.2, -0.15) is 0 Å². The van der Waals surface area contributed by atoms with Crippen LogP contribution in [0.3, 0.4) is 0 Å². The van der Waals surface area contributed by atoms with E-state index in [1.807, 2.05) is 5.32 Å². The summed E-state index contributed by atoms with van der Waals surface area (Å²) in [6.07, 6.45) is 0.986. The summed E-state index contributed by atoms with van der Waals surface area (Å²) in [4.78, 5) is 37.3. The van der Waals surface area contributed by atoms with Gasteiger partial charge in [0.15, 0.2) is 23.3 Å². The molecule has 0 saturated carbocycles. The maximum Gasteiger partial charge on any atom is 0.311 e. The molecule has 208 valence electrons. The van der Waals surface area contributed by atoms with Crippen molar-refractivity contribution in [1.82, 2.24) is 19.5 Å². The number of carbonyl (C=O) groups is 3. The van der Waals surface area contributed by atoms with Crippen molar-refractivity contribution in [3.8, 4) is 0 Å². The number of nitrogens with zero attached hydrogens (tertiary/aromatic N) is 2. The minimum atomic E-state index is -4.53. The van der Waals surface area contributed by atoms with Gasteiger partial charge in [0.25, 0.3) is 5.91 Å². The number of likely N-dealkylation sites (tertiary alicyclic amines) is 1. The van der Waals surface area contributed by atoms with Crippen LogP contribution in [0, 0.1) is 28.7 Å². The molecule has 0 radical (unpaired) electrons. The maximum atomic E-state index is 15.2. The van der Waals surface area contributed by atoms with Crippen molar-refractivity contribution in [1.29, 1.82) is 0 Å². The summed E-state index contributed by atoms with van der Waals surface area (Å²) >= 11 is 0. The van der Waals surface area contributed by atoms with Crippen molar-refractivity contribution in [2.45, 2.75) is 38.1 Å². The molecule has 1 aliphatic heterocycles. The van der Waals surface area contributed by atoms with E-state index >= 15 is 4.39 Å². The molecule has 0 spiro atoms. The minimum absolute atomic E-state index is 0.0475. The molecule has 1 aromatic heterocycles. The first-order valence-corrected chi connectivity index (χ1v) is 13.0. The van der Waals surface area contributed by atoms with E-state index in [0.717, 1.165) is 10.8 Å². The Morgan fingerprint density at radius 3 is 2.24 bits per heavy atom. The Kier molecular flexibility index (Phi) is 8.21. The van der Waals surface area contributed by atoms with Crippen molar-refractivity contribution in [3.63, 3.8) is 0 Å². The normalized spacial score (nSPS) is 17.3. The first-order chi connectivity index (χ1) is 17.6. The third kappa shape index (κ3) is 5.83. The topological polar surface area (TPSA) is 130 Å². The molecule has 3 amide bonds. The summed E-state index contributed by atoms with van der Waals surface area (Å²) in [5, 5.41) is 4.42. The van der Waals surface area contributed by atoms with Gasteiger partial charge in [0.1, 0.15) is 10.6 Å². The highest BCUT2D eigenvalue weighted by Gasteiger charge is 2.42. The largest absolute Gasteiger partial charge is 0.348 e. The van der Waals surface area contributed by atoms with E-state index in [2.05, 4.69) is 10.0 Å². The Labute approximate surface area is 216 Å². The Balaban J connectivity index is 1.80. The lowest BCUT2D eigenvalue weighted by atomic mass is 9.79. The van der Waals surface area contributed by atoms with E-state index in [-0.39, 0.29) is 26.1 Å². The second-order valence-electron chi connectivity index (χ2n) is 9.51. The molecule has 0 aliphatic carbocycles. The number of sulfonamides is 1. The Bertz CT molecular complexity index is 1370. The van der Waals surface area contributed by atoms with Crippen molar-refractivity contribution in [2.75, 3.05) is 25.0 Å². The van der Waals surface area contributed by atoms with Crippen molar-refractivity contribution < 1.29 is 40.4 Å². The molecule has 38 heavy (non-hydrogen) atoms. The third-order valence-electron chi connectivity index (χ3n) is 6.18. The van der Waals surface area contributed by atoms with Gasteiger partial charge in [-0.1, -0.05) is 13.8 Å². The second kappa shape index (κ2) is 10.7. The van der Waals surface area contributed by atoms with Crippen LogP contribution in [0.15, 0.2) is 23.2 Å². The number of anilines is 1. The first-order valence-electron chi connectivity index (χ1n) is 11.5. The molecule has 15 heteroatoms. The van der Waals surface area contributed by atoms with E-state index in [1.54, 1.807) is 20.8 Å². The molecule has 10 nitrogen and oxygen atoms in total. The monoisotopic (exact) mass is 561 g/mol. The van der Waals surface area contributed by atoms with Crippen LogP contribution in [0.4, 0.5) is 23.2 Å². The van der Waals surface area contributed by atoms with Gasteiger partial charge in [-0.25, -0.2) is 30.7 Å². The predicted molar refractivity (Wildman–Crippen MR) is 127 cm³/mol. The van der Waals surface area contributed by atoms with Crippen LogP contribution in [0.5, 0.6) is 0 Å². The van der Waals surface area contributed by atoms with Crippen LogP contribution in [-0.4, -0.2) is 61.3 Å². The van der Waals surface area contributed by atoms with E-state index in [9.17, 15) is 36.0 Å². The zero-order valence-corrected chi connectivity index (χ0v) is 21.8. The predicted octanol–water partition coefficient (Wildman–Crippen LogP) is 1.88. The minimum Gasteiger partial charge on any atom is -0.348 e. The number of aryl methyl sites for hydroxylation is 1. The fourth-order valence-corrected chi connectivity index (χ4v) is 5.78. The zero-order chi connectivity index (χ0) is 28.6. The number of rotatable bonds is 6. The van der Waals surface area contributed by atoms with Crippen LogP contribution >= 0.6 is 0 Å². The van der Waals surface area contributed by atoms with Gasteiger partial charge in [0.2, 0.25) is 10.0 Å². The van der Waals surface area contributed by atoms with Crippen molar-refractivity contribution >= 4 is 33.4 Å². The number of hydrogen-bond donors (Lipinski definition) is 3. The molecule has 1 aromatic carbocycles. The average Bonchev–Trinajstić information content (AvgIpc) is 3.12. The van der Waals surface area contributed by atoms with Gasteiger partial charge in [0.05, 0.1) is 0 Å². The van der Waals surface area contributed by atoms with E-state index < -0.39 is 78.7 Å². The van der Waals surface area contributed by atoms with E-state index in [4.69, 9.17) is 0 Å². The Morgan fingerprint density at radius 1 is 1.08 bits per heavy atom. The number of piperidine rings is 1. The highest BCUT2D eigenvalue weighted by atomic mass is 32.2. The maximum absolute atomic E-state index is 15.2. The third-order valence-corrected chi connectivity index (χ3v) is 7.64. The lowest BCUT2D eigenvalue weighted by molar-refractivity contribution is -0.148. The van der Waals surface area contributed by atoms with Gasteiger partial charge >= 0.3 is 11.8 Å². The highest BCUT2D eigenvalue weighted by Crippen LogP contribution is 2.31. The first kappa shape index (κ1) is 29.1. The quantitative estimate of drug-likeness (QED) is 0.282. The number of carbonyl (C=O) groups excluding carboxylic acids is 3. The molecule has 1 fully saturated rings. The molecule has 2 aromatic rings. The summed E-state index contributed by atoms with van der Waals surface area (Å²) in [6, 6.07) is 0.218. The standard InChI is InChI=1S/C23H27F4N5O5S/c1-5-28-21(34)22(35)32-7-6-16(23(2,3)11-32)30-38(36,37)15-10-31(4)19(18(15)27)20(33)29-12-8-13(24)17(26)14(25)9-12/h8-10,16,30H,5-7,11H2,1-4H3,(H,28,34)(H,29,33). The fraction of sp³-hybridized carbons (Fsp3) is 0.435. The molecule has 3 rings (SSSR count). The van der Waals surface area contributed by atoms with Gasteiger partial charge < -0.3 is 20.1 Å². The Morgan fingerprint density at radius 2 is 1.68 bits per heavy atom. The summed E-state index contributed by atoms with van der Waals surface area (Å²) in [5.41, 5.74) is -2.11. The lowest BCUT2D eigenvalue weighted by Gasteiger charge is -2.44. The fourth-order valence-electron chi connectivity index (χ4n) is 4.21. The lowest BCUT2D eigenvalue weighted by Crippen LogP contribution is -2.58. The summed E-state index contributed by atoms with van der Waals surface area (Å²) in [5.74, 6) is -9.08. The molecule has 3 N–H and O–H groups in total. The number of likely N-dealkylation sites (N-methyl/N-ethyl adjacent to an activating group) is 1. The number of amides is 3. The summed E-state index contributed by atoms with van der Waals surface area (Å²) in [7, 11) is -3.34. The van der Waals surface area contributed by atoms with Crippen molar-refractivity contribution in [2.24, 2.45) is 12.5 Å². The molecule has 0 bridgehead atoms. The van der Waals surface area contributed by atoms with Gasteiger partial charge in [-0.15, -0.1) is 0 Å². The smallest absolute Gasteiger partial charge is 0.311 e. The van der Waals surface area contributed by atoms with Gasteiger partial charge in [-0.05, 0) is 18.8 Å². The molecule has 1 atom stereocenters. The van der Waals surface area contributed by atoms with Crippen LogP contribution in [0.25, 0.3) is 0 Å².